The highest BCUT2D eigenvalue weighted by molar-refractivity contribution is 5.96. The summed E-state index contributed by atoms with van der Waals surface area (Å²) in [6.07, 6.45) is -0.470. The minimum Gasteiger partial charge on any atom is -0.444 e. The van der Waals surface area contributed by atoms with E-state index < -0.39 is 11.7 Å². The number of pyridine rings is 1. The van der Waals surface area contributed by atoms with Gasteiger partial charge in [-0.25, -0.2) is 4.79 Å². The zero-order valence-electron chi connectivity index (χ0n) is 24.7. The van der Waals surface area contributed by atoms with Gasteiger partial charge in [-0.05, 0) is 75.4 Å². The zero-order valence-corrected chi connectivity index (χ0v) is 24.7. The van der Waals surface area contributed by atoms with Gasteiger partial charge in [-0.3, -0.25) is 9.59 Å². The lowest BCUT2D eigenvalue weighted by Crippen LogP contribution is -2.51. The lowest BCUT2D eigenvalue weighted by Gasteiger charge is -2.35. The highest BCUT2D eigenvalue weighted by Gasteiger charge is 2.28. The predicted octanol–water partition coefficient (Wildman–Crippen LogP) is 4.61. The standard InChI is InChI=1S/C32H32N6O6/c1-32(2,3)44-31(41)35-15-14-28(39)37-16-18-38(19-17-37)30(40)26-12-13-27(42-24-8-4-22(20-33)5-9-24)36-29(26)43-25-10-6-23(21-34)7-11-25/h4-13H,14-19H2,1-3H3,(H,35,41). The maximum absolute atomic E-state index is 13.6. The number of alkyl carbamates (subject to hydrolysis) is 1. The van der Waals surface area contributed by atoms with Gasteiger partial charge in [-0.1, -0.05) is 0 Å². The number of nitrogens with zero attached hydrogens (tertiary/aromatic N) is 5. The van der Waals surface area contributed by atoms with Crippen molar-refractivity contribution in [2.45, 2.75) is 32.8 Å². The Labute approximate surface area is 255 Å². The van der Waals surface area contributed by atoms with Gasteiger partial charge in [0.25, 0.3) is 5.91 Å². The maximum Gasteiger partial charge on any atom is 0.407 e. The van der Waals surface area contributed by atoms with E-state index in [-0.39, 0.29) is 42.1 Å². The number of carbonyl (C=O) groups is 3. The number of carbonyl (C=O) groups excluding carboxylic acids is 3. The topological polar surface area (TPSA) is 158 Å². The zero-order chi connectivity index (χ0) is 31.7. The quantitative estimate of drug-likeness (QED) is 0.392. The van der Waals surface area contributed by atoms with E-state index >= 15 is 0 Å². The third-order valence-corrected chi connectivity index (χ3v) is 6.40. The summed E-state index contributed by atoms with van der Waals surface area (Å²) in [7, 11) is 0. The van der Waals surface area contributed by atoms with Crippen LogP contribution in [0.3, 0.4) is 0 Å². The van der Waals surface area contributed by atoms with Crippen LogP contribution in [0.5, 0.6) is 23.3 Å². The number of rotatable bonds is 8. The van der Waals surface area contributed by atoms with Crippen LogP contribution >= 0.6 is 0 Å². The number of piperazine rings is 1. The van der Waals surface area contributed by atoms with Crippen molar-refractivity contribution >= 4 is 17.9 Å². The summed E-state index contributed by atoms with van der Waals surface area (Å²) in [6.45, 7) is 6.68. The number of hydrogen-bond acceptors (Lipinski definition) is 9. The van der Waals surface area contributed by atoms with E-state index in [2.05, 4.69) is 10.3 Å². The van der Waals surface area contributed by atoms with Crippen molar-refractivity contribution in [1.82, 2.24) is 20.1 Å². The predicted molar refractivity (Wildman–Crippen MR) is 158 cm³/mol. The Hall–Kier alpha value is -5.62. The Balaban J connectivity index is 1.42. The molecule has 1 aliphatic rings. The van der Waals surface area contributed by atoms with Gasteiger partial charge in [-0.2, -0.15) is 15.5 Å². The molecule has 0 unspecified atom stereocenters. The fraction of sp³-hybridized carbons (Fsp3) is 0.312. The number of nitriles is 2. The molecule has 226 valence electrons. The Kier molecular flexibility index (Phi) is 9.99. The van der Waals surface area contributed by atoms with Crippen molar-refractivity contribution in [2.75, 3.05) is 32.7 Å². The lowest BCUT2D eigenvalue weighted by atomic mass is 10.2. The molecule has 12 heteroatoms. The van der Waals surface area contributed by atoms with Gasteiger partial charge in [0.1, 0.15) is 22.7 Å². The molecule has 1 N–H and O–H groups in total. The van der Waals surface area contributed by atoms with E-state index in [1.807, 2.05) is 12.1 Å². The molecule has 1 aromatic heterocycles. The number of ether oxygens (including phenoxy) is 3. The first-order valence-electron chi connectivity index (χ1n) is 14.0. The van der Waals surface area contributed by atoms with E-state index in [1.54, 1.807) is 91.2 Å². The molecule has 1 fully saturated rings. The Bertz CT molecular complexity index is 1580. The van der Waals surface area contributed by atoms with Gasteiger partial charge in [0, 0.05) is 45.2 Å². The summed E-state index contributed by atoms with van der Waals surface area (Å²) in [6, 6.07) is 20.1. The molecule has 4 rings (SSSR count). The van der Waals surface area contributed by atoms with E-state index in [1.165, 1.54) is 0 Å². The van der Waals surface area contributed by atoms with Crippen molar-refractivity contribution < 1.29 is 28.6 Å². The summed E-state index contributed by atoms with van der Waals surface area (Å²) in [5.74, 6) is 0.537. The maximum atomic E-state index is 13.6. The van der Waals surface area contributed by atoms with Crippen LogP contribution in [0.15, 0.2) is 60.7 Å². The normalized spacial score (nSPS) is 12.8. The summed E-state index contributed by atoms with van der Waals surface area (Å²) >= 11 is 0. The molecule has 3 aromatic rings. The summed E-state index contributed by atoms with van der Waals surface area (Å²) in [4.78, 5) is 45.8. The molecule has 2 heterocycles. The van der Waals surface area contributed by atoms with Gasteiger partial charge in [0.15, 0.2) is 0 Å². The first-order chi connectivity index (χ1) is 21.0. The van der Waals surface area contributed by atoms with E-state index in [9.17, 15) is 14.4 Å². The third kappa shape index (κ3) is 8.69. The van der Waals surface area contributed by atoms with Crippen LogP contribution in [0.25, 0.3) is 0 Å². The highest BCUT2D eigenvalue weighted by Crippen LogP contribution is 2.30. The van der Waals surface area contributed by atoms with Crippen LogP contribution in [0, 0.1) is 22.7 Å². The summed E-state index contributed by atoms with van der Waals surface area (Å²) < 4.78 is 17.0. The third-order valence-electron chi connectivity index (χ3n) is 6.40. The number of amides is 3. The van der Waals surface area contributed by atoms with Crippen LogP contribution < -0.4 is 14.8 Å². The second-order valence-corrected chi connectivity index (χ2v) is 10.8. The lowest BCUT2D eigenvalue weighted by molar-refractivity contribution is -0.132. The van der Waals surface area contributed by atoms with Crippen LogP contribution in [0.2, 0.25) is 0 Å². The number of nitrogens with one attached hydrogen (secondary N) is 1. The number of benzene rings is 2. The number of hydrogen-bond donors (Lipinski definition) is 1. The van der Waals surface area contributed by atoms with Crippen LogP contribution in [0.4, 0.5) is 4.79 Å². The second kappa shape index (κ2) is 14.0. The van der Waals surface area contributed by atoms with Gasteiger partial charge < -0.3 is 29.3 Å². The molecule has 12 nitrogen and oxygen atoms in total. The molecule has 0 bridgehead atoms. The second-order valence-electron chi connectivity index (χ2n) is 10.8. The minimum absolute atomic E-state index is 0.0116. The van der Waals surface area contributed by atoms with Gasteiger partial charge in [-0.15, -0.1) is 0 Å². The van der Waals surface area contributed by atoms with Gasteiger partial charge >= 0.3 is 6.09 Å². The molecular weight excluding hydrogens is 564 g/mol. The summed E-state index contributed by atoms with van der Waals surface area (Å²) in [5.41, 5.74) is 0.503. The van der Waals surface area contributed by atoms with Crippen molar-refractivity contribution in [3.63, 3.8) is 0 Å². The van der Waals surface area contributed by atoms with Crippen molar-refractivity contribution in [1.29, 1.82) is 10.5 Å². The molecule has 0 spiro atoms. The largest absolute Gasteiger partial charge is 0.444 e. The Morgan fingerprint density at radius 1 is 0.818 bits per heavy atom. The van der Waals surface area contributed by atoms with Gasteiger partial charge in [0.2, 0.25) is 17.7 Å². The minimum atomic E-state index is -0.627. The van der Waals surface area contributed by atoms with E-state index in [4.69, 9.17) is 24.7 Å². The fourth-order valence-electron chi connectivity index (χ4n) is 4.22. The Morgan fingerprint density at radius 3 is 1.91 bits per heavy atom. The van der Waals surface area contributed by atoms with E-state index in [0.29, 0.717) is 48.8 Å². The molecule has 0 radical (unpaired) electrons. The summed E-state index contributed by atoms with van der Waals surface area (Å²) in [5, 5.41) is 20.7. The molecule has 1 saturated heterocycles. The van der Waals surface area contributed by atoms with Crippen LogP contribution in [-0.4, -0.2) is 71.0 Å². The molecule has 3 amide bonds. The van der Waals surface area contributed by atoms with Crippen LogP contribution in [-0.2, 0) is 9.53 Å². The highest BCUT2D eigenvalue weighted by atomic mass is 16.6. The Morgan fingerprint density at radius 2 is 1.36 bits per heavy atom. The molecule has 0 atom stereocenters. The first-order valence-corrected chi connectivity index (χ1v) is 14.0. The number of aromatic nitrogens is 1. The van der Waals surface area contributed by atoms with Crippen molar-refractivity contribution in [3.05, 3.63) is 77.4 Å². The average molecular weight is 597 g/mol. The average Bonchev–Trinajstić information content (AvgIpc) is 3.01. The molecule has 0 aliphatic carbocycles. The SMILES string of the molecule is CC(C)(C)OC(=O)NCCC(=O)N1CCN(C(=O)c2ccc(Oc3ccc(C#N)cc3)nc2Oc2ccc(C#N)cc2)CC1. The molecule has 0 saturated carbocycles. The fourth-order valence-corrected chi connectivity index (χ4v) is 4.22. The molecule has 1 aliphatic heterocycles. The van der Waals surface area contributed by atoms with Crippen molar-refractivity contribution in [2.24, 2.45) is 0 Å². The van der Waals surface area contributed by atoms with Gasteiger partial charge in [0.05, 0.1) is 23.3 Å². The first kappa shape index (κ1) is 31.3. The van der Waals surface area contributed by atoms with E-state index in [0.717, 1.165) is 0 Å². The smallest absolute Gasteiger partial charge is 0.407 e. The molecular formula is C32H32N6O6. The van der Waals surface area contributed by atoms with Crippen LogP contribution in [0.1, 0.15) is 48.7 Å². The monoisotopic (exact) mass is 596 g/mol. The molecule has 44 heavy (non-hydrogen) atoms. The van der Waals surface area contributed by atoms with Crippen molar-refractivity contribution in [3.8, 4) is 35.4 Å². The molecule has 2 aromatic carbocycles.